The van der Waals surface area contributed by atoms with Crippen molar-refractivity contribution in [1.29, 1.82) is 0 Å². The van der Waals surface area contributed by atoms with Crippen molar-refractivity contribution in [2.24, 2.45) is 7.05 Å². The number of nitrogens with zero attached hydrogens (tertiary/aromatic N) is 2. The number of aromatic nitrogens is 1. The van der Waals surface area contributed by atoms with Gasteiger partial charge < -0.3 is 14.8 Å². The number of carbonyl (C=O) groups excluding carboxylic acids is 1. The van der Waals surface area contributed by atoms with Crippen molar-refractivity contribution in [3.05, 3.63) is 48.2 Å². The molecule has 4 heteroatoms. The zero-order valence-corrected chi connectivity index (χ0v) is 12.5. The van der Waals surface area contributed by atoms with Gasteiger partial charge in [0.25, 0.3) is 5.91 Å². The number of carbonyl (C=O) groups is 1. The monoisotopic (exact) mass is 283 g/mol. The van der Waals surface area contributed by atoms with E-state index in [1.165, 1.54) is 0 Å². The molecule has 0 spiro atoms. The van der Waals surface area contributed by atoms with Crippen LogP contribution in [0.4, 0.5) is 0 Å². The molecule has 1 saturated heterocycles. The highest BCUT2D eigenvalue weighted by Crippen LogP contribution is 2.22. The Morgan fingerprint density at radius 2 is 1.95 bits per heavy atom. The van der Waals surface area contributed by atoms with Crippen molar-refractivity contribution in [3.63, 3.8) is 0 Å². The third kappa shape index (κ3) is 2.72. The molecule has 1 N–H and O–H groups in total. The summed E-state index contributed by atoms with van der Waals surface area (Å²) in [4.78, 5) is 14.6. The predicted molar refractivity (Wildman–Crippen MR) is 84.2 cm³/mol. The van der Waals surface area contributed by atoms with Crippen LogP contribution >= 0.6 is 0 Å². The van der Waals surface area contributed by atoms with Gasteiger partial charge >= 0.3 is 0 Å². The van der Waals surface area contributed by atoms with Crippen LogP contribution < -0.4 is 5.32 Å². The Bertz CT molecular complexity index is 633. The Morgan fingerprint density at radius 1 is 1.19 bits per heavy atom. The predicted octanol–water partition coefficient (Wildman–Crippen LogP) is 2.13. The molecule has 1 aliphatic rings. The first kappa shape index (κ1) is 13.9. The number of amides is 1. The number of nitrogens with one attached hydrogen (secondary N) is 1. The number of benzene rings is 1. The lowest BCUT2D eigenvalue weighted by Gasteiger charge is -2.32. The largest absolute Gasteiger partial charge is 0.340 e. The van der Waals surface area contributed by atoms with Gasteiger partial charge in [-0.3, -0.25) is 4.79 Å². The van der Waals surface area contributed by atoms with E-state index >= 15 is 0 Å². The van der Waals surface area contributed by atoms with Crippen LogP contribution in [0.3, 0.4) is 0 Å². The summed E-state index contributed by atoms with van der Waals surface area (Å²) in [6.45, 7) is 4.52. The summed E-state index contributed by atoms with van der Waals surface area (Å²) in [6.07, 6.45) is 0. The smallest absolute Gasteiger partial charge is 0.270 e. The van der Waals surface area contributed by atoms with E-state index in [4.69, 9.17) is 0 Å². The number of piperazine rings is 1. The van der Waals surface area contributed by atoms with Crippen LogP contribution in [-0.4, -0.2) is 41.1 Å². The molecule has 0 aliphatic carbocycles. The van der Waals surface area contributed by atoms with Crippen LogP contribution in [0.5, 0.6) is 0 Å². The van der Waals surface area contributed by atoms with Crippen molar-refractivity contribution in [1.82, 2.24) is 14.8 Å². The summed E-state index contributed by atoms with van der Waals surface area (Å²) in [5, 5.41) is 3.36. The van der Waals surface area contributed by atoms with E-state index in [0.29, 0.717) is 6.04 Å². The third-order valence-electron chi connectivity index (χ3n) is 4.07. The zero-order valence-electron chi connectivity index (χ0n) is 12.5. The maximum absolute atomic E-state index is 12.7. The highest BCUT2D eigenvalue weighted by atomic mass is 16.2. The second kappa shape index (κ2) is 5.74. The molecule has 21 heavy (non-hydrogen) atoms. The van der Waals surface area contributed by atoms with Gasteiger partial charge in [-0.25, -0.2) is 0 Å². The Morgan fingerprint density at radius 3 is 2.67 bits per heavy atom. The SMILES string of the molecule is CC1CN(C(=O)c2ccc(-c3ccccc3)n2C)CCN1. The fourth-order valence-electron chi connectivity index (χ4n) is 2.90. The maximum Gasteiger partial charge on any atom is 0.270 e. The van der Waals surface area contributed by atoms with Crippen molar-refractivity contribution >= 4 is 5.91 Å². The highest BCUT2D eigenvalue weighted by molar-refractivity contribution is 5.94. The molecule has 0 radical (unpaired) electrons. The average Bonchev–Trinajstić information content (AvgIpc) is 2.89. The molecule has 1 aromatic heterocycles. The number of hydrogen-bond donors (Lipinski definition) is 1. The first-order chi connectivity index (χ1) is 10.2. The topological polar surface area (TPSA) is 37.3 Å². The normalized spacial score (nSPS) is 18.8. The van der Waals surface area contributed by atoms with Crippen LogP contribution in [-0.2, 0) is 7.05 Å². The average molecular weight is 283 g/mol. The Balaban J connectivity index is 1.87. The lowest BCUT2D eigenvalue weighted by atomic mass is 10.2. The first-order valence-corrected chi connectivity index (χ1v) is 7.40. The number of rotatable bonds is 2. The molecular weight excluding hydrogens is 262 g/mol. The third-order valence-corrected chi connectivity index (χ3v) is 4.07. The molecular formula is C17H21N3O. The molecule has 0 bridgehead atoms. The van der Waals surface area contributed by atoms with Gasteiger partial charge in [0, 0.05) is 38.4 Å². The van der Waals surface area contributed by atoms with E-state index in [9.17, 15) is 4.79 Å². The van der Waals surface area contributed by atoms with E-state index in [-0.39, 0.29) is 5.91 Å². The highest BCUT2D eigenvalue weighted by Gasteiger charge is 2.24. The standard InChI is InChI=1S/C17H21N3O/c1-13-12-20(11-10-18-13)17(21)16-9-8-15(19(16)2)14-6-4-3-5-7-14/h3-9,13,18H,10-12H2,1-2H3. The molecule has 1 aliphatic heterocycles. The van der Waals surface area contributed by atoms with Gasteiger partial charge in [-0.05, 0) is 24.6 Å². The van der Waals surface area contributed by atoms with Gasteiger partial charge in [0.05, 0.1) is 0 Å². The molecule has 1 atom stereocenters. The van der Waals surface area contributed by atoms with Crippen molar-refractivity contribution in [3.8, 4) is 11.3 Å². The Kier molecular flexibility index (Phi) is 3.80. The van der Waals surface area contributed by atoms with Crippen LogP contribution in [0.15, 0.2) is 42.5 Å². The van der Waals surface area contributed by atoms with E-state index < -0.39 is 0 Å². The maximum atomic E-state index is 12.7. The van der Waals surface area contributed by atoms with Gasteiger partial charge in [0.2, 0.25) is 0 Å². The van der Waals surface area contributed by atoms with Crippen LogP contribution in [0.1, 0.15) is 17.4 Å². The minimum Gasteiger partial charge on any atom is -0.340 e. The van der Waals surface area contributed by atoms with Crippen LogP contribution in [0.25, 0.3) is 11.3 Å². The minimum absolute atomic E-state index is 0.119. The second-order valence-electron chi connectivity index (χ2n) is 5.64. The molecule has 1 unspecified atom stereocenters. The Labute approximate surface area is 125 Å². The molecule has 3 rings (SSSR count). The van der Waals surface area contributed by atoms with Gasteiger partial charge in [-0.1, -0.05) is 30.3 Å². The quantitative estimate of drug-likeness (QED) is 0.916. The lowest BCUT2D eigenvalue weighted by molar-refractivity contribution is 0.0699. The molecule has 110 valence electrons. The zero-order chi connectivity index (χ0) is 14.8. The number of hydrogen-bond acceptors (Lipinski definition) is 2. The van der Waals surface area contributed by atoms with E-state index in [2.05, 4.69) is 24.4 Å². The summed E-state index contributed by atoms with van der Waals surface area (Å²) in [5.41, 5.74) is 2.96. The summed E-state index contributed by atoms with van der Waals surface area (Å²) in [6, 6.07) is 14.5. The van der Waals surface area contributed by atoms with Gasteiger partial charge in [0.1, 0.15) is 5.69 Å². The summed E-state index contributed by atoms with van der Waals surface area (Å²) in [7, 11) is 1.96. The lowest BCUT2D eigenvalue weighted by Crippen LogP contribution is -2.51. The summed E-state index contributed by atoms with van der Waals surface area (Å²) >= 11 is 0. The van der Waals surface area contributed by atoms with Crippen LogP contribution in [0, 0.1) is 0 Å². The van der Waals surface area contributed by atoms with E-state index in [1.807, 2.05) is 46.8 Å². The molecule has 2 heterocycles. The summed E-state index contributed by atoms with van der Waals surface area (Å²) < 4.78 is 1.99. The molecule has 4 nitrogen and oxygen atoms in total. The molecule has 1 amide bonds. The molecule has 2 aromatic rings. The molecule has 0 saturated carbocycles. The minimum atomic E-state index is 0.119. The Hall–Kier alpha value is -2.07. The van der Waals surface area contributed by atoms with E-state index in [1.54, 1.807) is 0 Å². The van der Waals surface area contributed by atoms with Crippen LogP contribution in [0.2, 0.25) is 0 Å². The second-order valence-corrected chi connectivity index (χ2v) is 5.64. The first-order valence-electron chi connectivity index (χ1n) is 7.40. The van der Waals surface area contributed by atoms with E-state index in [0.717, 1.165) is 36.6 Å². The molecule has 1 aromatic carbocycles. The summed E-state index contributed by atoms with van der Waals surface area (Å²) in [5.74, 6) is 0.119. The van der Waals surface area contributed by atoms with Crippen molar-refractivity contribution in [2.75, 3.05) is 19.6 Å². The fourth-order valence-corrected chi connectivity index (χ4v) is 2.90. The van der Waals surface area contributed by atoms with Crippen molar-refractivity contribution < 1.29 is 4.79 Å². The van der Waals surface area contributed by atoms with Gasteiger partial charge in [-0.2, -0.15) is 0 Å². The molecule has 1 fully saturated rings. The van der Waals surface area contributed by atoms with Gasteiger partial charge in [-0.15, -0.1) is 0 Å². The van der Waals surface area contributed by atoms with Gasteiger partial charge in [0.15, 0.2) is 0 Å². The fraction of sp³-hybridized carbons (Fsp3) is 0.353. The van der Waals surface area contributed by atoms with Crippen molar-refractivity contribution in [2.45, 2.75) is 13.0 Å².